The minimum absolute atomic E-state index is 0.269. The highest BCUT2D eigenvalue weighted by atomic mass is 32.2. The topological polar surface area (TPSA) is 79.7 Å². The lowest BCUT2D eigenvalue weighted by atomic mass is 9.91. The molecule has 0 aromatic carbocycles. The van der Waals surface area contributed by atoms with Crippen molar-refractivity contribution in [1.29, 1.82) is 0 Å². The number of amides is 1. The molecular formula is C21H27F3N2O4S. The lowest BCUT2D eigenvalue weighted by Gasteiger charge is -2.47. The molecule has 0 bridgehead atoms. The first-order valence-electron chi connectivity index (χ1n) is 10.4. The fourth-order valence-corrected chi connectivity index (χ4v) is 5.80. The van der Waals surface area contributed by atoms with E-state index in [-0.39, 0.29) is 4.75 Å². The van der Waals surface area contributed by atoms with Crippen LogP contribution >= 0.6 is 11.8 Å². The van der Waals surface area contributed by atoms with E-state index in [2.05, 4.69) is 16.0 Å². The fourth-order valence-electron chi connectivity index (χ4n) is 4.24. The van der Waals surface area contributed by atoms with Crippen LogP contribution in [0.15, 0.2) is 24.5 Å². The minimum atomic E-state index is -5.08. The van der Waals surface area contributed by atoms with E-state index in [0.717, 1.165) is 37.2 Å². The van der Waals surface area contributed by atoms with Crippen molar-refractivity contribution in [2.24, 2.45) is 5.92 Å². The molecule has 1 N–H and O–H groups in total. The first-order valence-corrected chi connectivity index (χ1v) is 11.4. The number of halogens is 3. The smallest absolute Gasteiger partial charge is 0.475 e. The lowest BCUT2D eigenvalue weighted by Crippen LogP contribution is -2.60. The highest BCUT2D eigenvalue weighted by Crippen LogP contribution is 2.46. The molecule has 1 unspecified atom stereocenters. The van der Waals surface area contributed by atoms with Gasteiger partial charge in [-0.05, 0) is 36.8 Å². The van der Waals surface area contributed by atoms with Crippen molar-refractivity contribution in [1.82, 2.24) is 9.88 Å². The second-order valence-corrected chi connectivity index (χ2v) is 9.89. The molecular weight excluding hydrogens is 433 g/mol. The molecule has 1 atom stereocenters. The number of aliphatic carboxylic acids is 1. The predicted molar refractivity (Wildman–Crippen MR) is 109 cm³/mol. The Labute approximate surface area is 183 Å². The van der Waals surface area contributed by atoms with E-state index in [0.29, 0.717) is 24.5 Å². The van der Waals surface area contributed by atoms with Gasteiger partial charge >= 0.3 is 12.1 Å². The van der Waals surface area contributed by atoms with Crippen molar-refractivity contribution in [3.8, 4) is 0 Å². The largest absolute Gasteiger partial charge is 0.490 e. The molecule has 2 saturated heterocycles. The van der Waals surface area contributed by atoms with Crippen LogP contribution in [0.25, 0.3) is 0 Å². The van der Waals surface area contributed by atoms with Gasteiger partial charge in [0, 0.05) is 37.7 Å². The molecule has 1 aliphatic carbocycles. The van der Waals surface area contributed by atoms with Crippen LogP contribution in [0.3, 0.4) is 0 Å². The van der Waals surface area contributed by atoms with Crippen molar-refractivity contribution in [2.75, 3.05) is 18.8 Å². The summed E-state index contributed by atoms with van der Waals surface area (Å²) in [5.41, 5.74) is 1.13. The summed E-state index contributed by atoms with van der Waals surface area (Å²) >= 11 is 2.00. The zero-order valence-electron chi connectivity index (χ0n) is 17.1. The standard InChI is InChI=1S/C19H26N2O2S.C2HF3O2/c22-18(8-15-4-1-2-5-15)21-13-19(14-21)9-17(12-24-19)23-11-16-6-3-7-20-10-16;3-2(4,5)1(6)7/h3,6-7,10,15,17H,1-2,4-5,8-9,11-14H2;(H,6,7). The van der Waals surface area contributed by atoms with Crippen molar-refractivity contribution in [2.45, 2.75) is 62.2 Å². The van der Waals surface area contributed by atoms with Crippen molar-refractivity contribution in [3.63, 3.8) is 0 Å². The minimum Gasteiger partial charge on any atom is -0.475 e. The molecule has 172 valence electrons. The number of rotatable bonds is 5. The van der Waals surface area contributed by atoms with Gasteiger partial charge in [0.25, 0.3) is 0 Å². The van der Waals surface area contributed by atoms with Crippen LogP contribution in [0, 0.1) is 5.92 Å². The van der Waals surface area contributed by atoms with Gasteiger partial charge in [-0.15, -0.1) is 11.8 Å². The first-order chi connectivity index (χ1) is 14.7. The molecule has 3 fully saturated rings. The van der Waals surface area contributed by atoms with Gasteiger partial charge in [-0.1, -0.05) is 18.9 Å². The van der Waals surface area contributed by atoms with Crippen molar-refractivity contribution >= 4 is 23.6 Å². The molecule has 2 aliphatic heterocycles. The van der Waals surface area contributed by atoms with Gasteiger partial charge in [0.15, 0.2) is 0 Å². The number of pyridine rings is 1. The van der Waals surface area contributed by atoms with Crippen LogP contribution in [0.1, 0.15) is 44.1 Å². The van der Waals surface area contributed by atoms with Gasteiger partial charge in [0.2, 0.25) is 5.91 Å². The third-order valence-electron chi connectivity index (χ3n) is 5.87. The molecule has 0 radical (unpaired) electrons. The Morgan fingerprint density at radius 2 is 1.97 bits per heavy atom. The average Bonchev–Trinajstić information content (AvgIpc) is 3.35. The maximum atomic E-state index is 12.4. The normalized spacial score (nSPS) is 22.7. The SMILES string of the molecule is O=C(CC1CCCC1)N1CC2(CC(OCc3cccnc3)CS2)C1.O=C(O)C(F)(F)F. The summed E-state index contributed by atoms with van der Waals surface area (Å²) in [4.78, 5) is 27.5. The number of thioether (sulfide) groups is 1. The van der Waals surface area contributed by atoms with E-state index < -0.39 is 12.1 Å². The number of ether oxygens (including phenoxy) is 1. The molecule has 4 rings (SSSR count). The Bertz CT molecular complexity index is 751. The average molecular weight is 461 g/mol. The maximum Gasteiger partial charge on any atom is 0.490 e. The fraction of sp³-hybridized carbons (Fsp3) is 0.667. The summed E-state index contributed by atoms with van der Waals surface area (Å²) in [7, 11) is 0. The van der Waals surface area contributed by atoms with E-state index in [1.807, 2.05) is 24.0 Å². The molecule has 6 nitrogen and oxygen atoms in total. The van der Waals surface area contributed by atoms with Crippen molar-refractivity contribution < 1.29 is 32.6 Å². The molecule has 1 aromatic heterocycles. The number of alkyl halides is 3. The zero-order chi connectivity index (χ0) is 22.5. The number of likely N-dealkylation sites (tertiary alicyclic amines) is 1. The summed E-state index contributed by atoms with van der Waals surface area (Å²) in [5.74, 6) is -0.675. The summed E-state index contributed by atoms with van der Waals surface area (Å²) in [6.07, 6.45) is 5.86. The van der Waals surface area contributed by atoms with Gasteiger partial charge in [-0.2, -0.15) is 13.2 Å². The number of carboxylic acid groups (broad SMARTS) is 1. The summed E-state index contributed by atoms with van der Waals surface area (Å²) in [6, 6.07) is 4.00. The Balaban J connectivity index is 0.000000339. The summed E-state index contributed by atoms with van der Waals surface area (Å²) in [5, 5.41) is 7.12. The number of hydrogen-bond donors (Lipinski definition) is 1. The molecule has 3 aliphatic rings. The quantitative estimate of drug-likeness (QED) is 0.718. The molecule has 3 heterocycles. The second kappa shape index (κ2) is 10.2. The number of carboxylic acids is 1. The van der Waals surface area contributed by atoms with E-state index in [1.165, 1.54) is 25.7 Å². The zero-order valence-corrected chi connectivity index (χ0v) is 18.0. The van der Waals surface area contributed by atoms with E-state index >= 15 is 0 Å². The van der Waals surface area contributed by atoms with Crippen LogP contribution < -0.4 is 0 Å². The number of aromatic nitrogens is 1. The lowest BCUT2D eigenvalue weighted by molar-refractivity contribution is -0.192. The maximum absolute atomic E-state index is 12.4. The number of carbonyl (C=O) groups excluding carboxylic acids is 1. The third-order valence-corrected chi connectivity index (χ3v) is 7.45. The van der Waals surface area contributed by atoms with Gasteiger partial charge in [-0.3, -0.25) is 9.78 Å². The Hall–Kier alpha value is -1.81. The van der Waals surface area contributed by atoms with E-state index in [4.69, 9.17) is 14.6 Å². The second-order valence-electron chi connectivity index (χ2n) is 8.40. The monoisotopic (exact) mass is 460 g/mol. The first kappa shape index (κ1) is 23.8. The molecule has 1 saturated carbocycles. The molecule has 1 aromatic rings. The van der Waals surface area contributed by atoms with Gasteiger partial charge in [0.1, 0.15) is 0 Å². The van der Waals surface area contributed by atoms with Gasteiger partial charge in [0.05, 0.1) is 17.5 Å². The highest BCUT2D eigenvalue weighted by molar-refractivity contribution is 8.01. The van der Waals surface area contributed by atoms with Gasteiger partial charge < -0.3 is 14.7 Å². The number of hydrogen-bond acceptors (Lipinski definition) is 5. The molecule has 1 amide bonds. The Kier molecular flexibility index (Phi) is 7.85. The van der Waals surface area contributed by atoms with Crippen molar-refractivity contribution in [3.05, 3.63) is 30.1 Å². The van der Waals surface area contributed by atoms with Crippen LogP contribution in [-0.2, 0) is 20.9 Å². The van der Waals surface area contributed by atoms with E-state index in [1.54, 1.807) is 6.20 Å². The summed E-state index contributed by atoms with van der Waals surface area (Å²) in [6.45, 7) is 2.49. The Morgan fingerprint density at radius 3 is 2.55 bits per heavy atom. The molecule has 10 heteroatoms. The van der Waals surface area contributed by atoms with E-state index in [9.17, 15) is 18.0 Å². The highest BCUT2D eigenvalue weighted by Gasteiger charge is 2.50. The third kappa shape index (κ3) is 6.83. The molecule has 31 heavy (non-hydrogen) atoms. The molecule has 1 spiro atoms. The van der Waals surface area contributed by atoms with Crippen LogP contribution in [0.4, 0.5) is 13.2 Å². The number of carbonyl (C=O) groups is 2. The number of nitrogens with zero attached hydrogens (tertiary/aromatic N) is 2. The Morgan fingerprint density at radius 1 is 1.29 bits per heavy atom. The van der Waals surface area contributed by atoms with Gasteiger partial charge in [-0.25, -0.2) is 4.79 Å². The summed E-state index contributed by atoms with van der Waals surface area (Å²) < 4.78 is 38.1. The van der Waals surface area contributed by atoms with Crippen LogP contribution in [-0.4, -0.2) is 62.7 Å². The van der Waals surface area contributed by atoms with Crippen LogP contribution in [0.5, 0.6) is 0 Å². The predicted octanol–water partition coefficient (Wildman–Crippen LogP) is 3.90. The van der Waals surface area contributed by atoms with Crippen LogP contribution in [0.2, 0.25) is 0 Å².